The average molecular weight is 221 g/mol. The van der Waals surface area contributed by atoms with Gasteiger partial charge in [-0.1, -0.05) is 12.1 Å². The molecule has 78 valence electrons. The lowest BCUT2D eigenvalue weighted by molar-refractivity contribution is 0.477. The van der Waals surface area contributed by atoms with E-state index in [1.807, 2.05) is 24.3 Å². The molecule has 2 rings (SSSR count). The van der Waals surface area contributed by atoms with E-state index in [1.54, 1.807) is 7.05 Å². The Hall–Kier alpha value is -1.59. The molecule has 5 heteroatoms. The fourth-order valence-electron chi connectivity index (χ4n) is 1.35. The molecule has 0 aliphatic heterocycles. The van der Waals surface area contributed by atoms with Crippen LogP contribution < -0.4 is 5.84 Å². The van der Waals surface area contributed by atoms with Crippen molar-refractivity contribution in [2.24, 2.45) is 5.84 Å². The lowest BCUT2D eigenvalue weighted by Gasteiger charge is -2.11. The van der Waals surface area contributed by atoms with Gasteiger partial charge in [0.15, 0.2) is 5.84 Å². The number of benzene rings is 1. The number of nitrogens with zero attached hydrogens (tertiary/aromatic N) is 1. The first-order valence-electron chi connectivity index (χ1n) is 4.39. The summed E-state index contributed by atoms with van der Waals surface area (Å²) >= 11 is 1.36. The molecule has 0 bridgehead atoms. The SMILES string of the molecule is CN(N)C(=N)c1sc2ccccc2c1O. The minimum absolute atomic E-state index is 0.119. The second kappa shape index (κ2) is 3.52. The van der Waals surface area contributed by atoms with E-state index in [1.165, 1.54) is 16.3 Å². The molecule has 4 nitrogen and oxygen atoms in total. The average Bonchev–Trinajstić information content (AvgIpc) is 2.56. The predicted molar refractivity (Wildman–Crippen MR) is 62.3 cm³/mol. The molecule has 15 heavy (non-hydrogen) atoms. The van der Waals surface area contributed by atoms with Crippen LogP contribution in [0.15, 0.2) is 24.3 Å². The Balaban J connectivity index is 2.63. The molecule has 0 aliphatic carbocycles. The third kappa shape index (κ3) is 1.55. The van der Waals surface area contributed by atoms with Crippen molar-refractivity contribution in [1.82, 2.24) is 5.01 Å². The van der Waals surface area contributed by atoms with Crippen LogP contribution in [0, 0.1) is 5.41 Å². The summed E-state index contributed by atoms with van der Waals surface area (Å²) < 4.78 is 0.955. The lowest BCUT2D eigenvalue weighted by atomic mass is 10.2. The van der Waals surface area contributed by atoms with E-state index in [-0.39, 0.29) is 11.6 Å². The summed E-state index contributed by atoms with van der Waals surface area (Å²) in [4.78, 5) is 0.501. The van der Waals surface area contributed by atoms with Crippen LogP contribution in [0.4, 0.5) is 0 Å². The number of thiophene rings is 1. The standard InChI is InChI=1S/C10H11N3OS/c1-13(12)10(11)9-8(14)6-4-2-3-5-7(6)15-9/h2-5,11,14H,12H2,1H3. The zero-order valence-corrected chi connectivity index (χ0v) is 9.01. The number of hydrogen-bond acceptors (Lipinski definition) is 4. The van der Waals surface area contributed by atoms with E-state index in [9.17, 15) is 5.11 Å². The van der Waals surface area contributed by atoms with Gasteiger partial charge in [0.1, 0.15) is 10.6 Å². The Labute approximate surface area is 91.0 Å². The van der Waals surface area contributed by atoms with Crippen molar-refractivity contribution < 1.29 is 5.11 Å². The Morgan fingerprint density at radius 3 is 2.73 bits per heavy atom. The van der Waals surface area contributed by atoms with E-state index >= 15 is 0 Å². The molecule has 2 aromatic rings. The number of amidine groups is 1. The van der Waals surface area contributed by atoms with Crippen LogP contribution in [0.5, 0.6) is 5.75 Å². The van der Waals surface area contributed by atoms with Gasteiger partial charge < -0.3 is 5.11 Å². The van der Waals surface area contributed by atoms with E-state index in [4.69, 9.17) is 11.3 Å². The molecule has 1 heterocycles. The molecule has 0 amide bonds. The molecular weight excluding hydrogens is 210 g/mol. The van der Waals surface area contributed by atoms with Crippen molar-refractivity contribution >= 4 is 27.3 Å². The summed E-state index contributed by atoms with van der Waals surface area (Å²) in [6.45, 7) is 0. The Bertz CT molecular complexity index is 518. The monoisotopic (exact) mass is 221 g/mol. The van der Waals surface area contributed by atoms with Gasteiger partial charge >= 0.3 is 0 Å². The van der Waals surface area contributed by atoms with Gasteiger partial charge in [0, 0.05) is 17.1 Å². The van der Waals surface area contributed by atoms with Gasteiger partial charge in [-0.3, -0.25) is 10.4 Å². The van der Waals surface area contributed by atoms with Crippen LogP contribution in [-0.4, -0.2) is 23.0 Å². The van der Waals surface area contributed by atoms with Gasteiger partial charge in [-0.05, 0) is 12.1 Å². The number of rotatable bonds is 1. The van der Waals surface area contributed by atoms with Gasteiger partial charge in [0.05, 0.1) is 0 Å². The molecule has 0 atom stereocenters. The highest BCUT2D eigenvalue weighted by molar-refractivity contribution is 7.21. The molecule has 4 N–H and O–H groups in total. The Kier molecular flexibility index (Phi) is 2.34. The molecule has 0 spiro atoms. The van der Waals surface area contributed by atoms with Crippen molar-refractivity contribution in [3.05, 3.63) is 29.1 Å². The first-order valence-corrected chi connectivity index (χ1v) is 5.20. The van der Waals surface area contributed by atoms with Crippen molar-refractivity contribution in [1.29, 1.82) is 5.41 Å². The van der Waals surface area contributed by atoms with Gasteiger partial charge in [0.25, 0.3) is 0 Å². The van der Waals surface area contributed by atoms with Crippen LogP contribution in [0.1, 0.15) is 4.88 Å². The van der Waals surface area contributed by atoms with Gasteiger partial charge in [0.2, 0.25) is 0 Å². The second-order valence-electron chi connectivity index (χ2n) is 3.24. The van der Waals surface area contributed by atoms with E-state index in [0.717, 1.165) is 10.1 Å². The normalized spacial score (nSPS) is 10.5. The third-order valence-corrected chi connectivity index (χ3v) is 3.30. The topological polar surface area (TPSA) is 73.3 Å². The molecule has 0 fully saturated rings. The number of nitrogens with two attached hydrogens (primary N) is 1. The van der Waals surface area contributed by atoms with Crippen molar-refractivity contribution in [2.75, 3.05) is 7.05 Å². The van der Waals surface area contributed by atoms with E-state index < -0.39 is 0 Å². The van der Waals surface area contributed by atoms with Crippen LogP contribution >= 0.6 is 11.3 Å². The smallest absolute Gasteiger partial charge is 0.156 e. The summed E-state index contributed by atoms with van der Waals surface area (Å²) in [5.41, 5.74) is 0. The summed E-state index contributed by atoms with van der Waals surface area (Å²) in [6, 6.07) is 7.49. The van der Waals surface area contributed by atoms with Gasteiger partial charge in [-0.2, -0.15) is 0 Å². The highest BCUT2D eigenvalue weighted by atomic mass is 32.1. The second-order valence-corrected chi connectivity index (χ2v) is 4.29. The predicted octanol–water partition coefficient (Wildman–Crippen LogP) is 1.74. The number of fused-ring (bicyclic) bond motifs is 1. The largest absolute Gasteiger partial charge is 0.506 e. The number of aromatic hydroxyl groups is 1. The number of nitrogens with one attached hydrogen (secondary N) is 1. The minimum Gasteiger partial charge on any atom is -0.506 e. The Morgan fingerprint density at radius 2 is 2.13 bits per heavy atom. The maximum atomic E-state index is 9.90. The summed E-state index contributed by atoms with van der Waals surface area (Å²) in [5.74, 6) is 5.72. The maximum absolute atomic E-state index is 9.90. The Morgan fingerprint density at radius 1 is 1.47 bits per heavy atom. The molecule has 1 aromatic carbocycles. The minimum atomic E-state index is 0.119. The fourth-order valence-corrected chi connectivity index (χ4v) is 2.44. The van der Waals surface area contributed by atoms with Gasteiger partial charge in [-0.15, -0.1) is 11.3 Å². The number of hydrogen-bond donors (Lipinski definition) is 3. The first kappa shape index (κ1) is 9.95. The number of hydrazine groups is 1. The van der Waals surface area contributed by atoms with Crippen LogP contribution in [-0.2, 0) is 0 Å². The molecule has 0 saturated heterocycles. The first-order chi connectivity index (χ1) is 7.11. The molecule has 0 saturated carbocycles. The van der Waals surface area contributed by atoms with Crippen LogP contribution in [0.2, 0.25) is 0 Å². The summed E-state index contributed by atoms with van der Waals surface area (Å²) in [7, 11) is 1.58. The van der Waals surface area contributed by atoms with E-state index in [0.29, 0.717) is 4.88 Å². The fraction of sp³-hybridized carbons (Fsp3) is 0.100. The summed E-state index contributed by atoms with van der Waals surface area (Å²) in [5, 5.41) is 19.6. The van der Waals surface area contributed by atoms with Crippen molar-refractivity contribution in [3.63, 3.8) is 0 Å². The van der Waals surface area contributed by atoms with Crippen LogP contribution in [0.25, 0.3) is 10.1 Å². The molecular formula is C10H11N3OS. The molecule has 0 unspecified atom stereocenters. The zero-order chi connectivity index (χ0) is 11.0. The van der Waals surface area contributed by atoms with Gasteiger partial charge in [-0.25, -0.2) is 5.84 Å². The summed E-state index contributed by atoms with van der Waals surface area (Å²) in [6.07, 6.45) is 0. The highest BCUT2D eigenvalue weighted by Crippen LogP contribution is 2.36. The molecule has 0 radical (unpaired) electrons. The molecule has 0 aliphatic rings. The van der Waals surface area contributed by atoms with Crippen molar-refractivity contribution in [3.8, 4) is 5.75 Å². The van der Waals surface area contributed by atoms with Crippen LogP contribution in [0.3, 0.4) is 0 Å². The molecule has 1 aromatic heterocycles. The van der Waals surface area contributed by atoms with Crippen molar-refractivity contribution in [2.45, 2.75) is 0 Å². The highest BCUT2D eigenvalue weighted by Gasteiger charge is 2.16. The van der Waals surface area contributed by atoms with E-state index in [2.05, 4.69) is 0 Å². The maximum Gasteiger partial charge on any atom is 0.156 e. The lowest BCUT2D eigenvalue weighted by Crippen LogP contribution is -2.32. The third-order valence-electron chi connectivity index (χ3n) is 2.14. The zero-order valence-electron chi connectivity index (χ0n) is 8.19. The quantitative estimate of drug-likeness (QED) is 0.297.